The molecular weight excluding hydrogens is 238 g/mol. The molecule has 0 aliphatic rings. The molecule has 0 radical (unpaired) electrons. The molecule has 1 amide bonds. The van der Waals surface area contributed by atoms with Gasteiger partial charge in [-0.1, -0.05) is 26.8 Å². The van der Waals surface area contributed by atoms with E-state index >= 15 is 0 Å². The van der Waals surface area contributed by atoms with E-state index in [1.165, 1.54) is 0 Å². The van der Waals surface area contributed by atoms with Gasteiger partial charge in [0.15, 0.2) is 0 Å². The van der Waals surface area contributed by atoms with Crippen LogP contribution in [0, 0.1) is 6.92 Å². The fourth-order valence-corrected chi connectivity index (χ4v) is 2.22. The van der Waals surface area contributed by atoms with Gasteiger partial charge in [0.1, 0.15) is 0 Å². The highest BCUT2D eigenvalue weighted by Crippen LogP contribution is 2.18. The van der Waals surface area contributed by atoms with Crippen LogP contribution in [-0.4, -0.2) is 29.9 Å². The smallest absolute Gasteiger partial charge is 0.241 e. The summed E-state index contributed by atoms with van der Waals surface area (Å²) in [5, 5.41) is 2.95. The Balaban J connectivity index is 2.79. The van der Waals surface area contributed by atoms with Crippen LogP contribution in [0.2, 0.25) is 0 Å². The zero-order chi connectivity index (χ0) is 14.4. The fraction of sp³-hybridized carbons (Fsp3) is 0.533. The van der Waals surface area contributed by atoms with Crippen molar-refractivity contribution in [2.24, 2.45) is 0 Å². The maximum Gasteiger partial charge on any atom is 0.241 e. The van der Waals surface area contributed by atoms with Gasteiger partial charge >= 0.3 is 0 Å². The van der Waals surface area contributed by atoms with Crippen LogP contribution in [0.25, 0.3) is 0 Å². The number of nitrogens with zero attached hydrogens (tertiary/aromatic N) is 1. The Bertz CT molecular complexity index is 427. The third kappa shape index (κ3) is 3.96. The summed E-state index contributed by atoms with van der Waals surface area (Å²) in [5.74, 6) is 0.0365. The Morgan fingerprint density at radius 2 is 1.95 bits per heavy atom. The zero-order valence-electron chi connectivity index (χ0n) is 12.4. The average molecular weight is 263 g/mol. The molecular formula is C15H25N3O. The van der Waals surface area contributed by atoms with Crippen molar-refractivity contribution in [3.8, 4) is 0 Å². The molecule has 1 aromatic carbocycles. The molecule has 106 valence electrons. The first-order valence-corrected chi connectivity index (χ1v) is 6.94. The van der Waals surface area contributed by atoms with Gasteiger partial charge in [0.25, 0.3) is 0 Å². The molecule has 0 heterocycles. The number of carbonyl (C=O) groups is 1. The van der Waals surface area contributed by atoms with Gasteiger partial charge in [-0.05, 0) is 44.1 Å². The van der Waals surface area contributed by atoms with E-state index in [-0.39, 0.29) is 11.9 Å². The summed E-state index contributed by atoms with van der Waals surface area (Å²) >= 11 is 0. The van der Waals surface area contributed by atoms with Crippen LogP contribution in [0.4, 0.5) is 11.4 Å². The second kappa shape index (κ2) is 7.14. The molecule has 3 N–H and O–H groups in total. The predicted molar refractivity (Wildman–Crippen MR) is 81.2 cm³/mol. The summed E-state index contributed by atoms with van der Waals surface area (Å²) in [6.07, 6.45) is 0.800. The van der Waals surface area contributed by atoms with E-state index in [9.17, 15) is 4.79 Å². The van der Waals surface area contributed by atoms with E-state index in [2.05, 4.69) is 24.1 Å². The molecule has 1 unspecified atom stereocenters. The van der Waals surface area contributed by atoms with Crippen molar-refractivity contribution >= 4 is 17.3 Å². The normalized spacial score (nSPS) is 12.5. The highest BCUT2D eigenvalue weighted by atomic mass is 16.2. The van der Waals surface area contributed by atoms with E-state index in [1.54, 1.807) is 0 Å². The lowest BCUT2D eigenvalue weighted by Gasteiger charge is -2.27. The van der Waals surface area contributed by atoms with Gasteiger partial charge in [0.2, 0.25) is 5.91 Å². The van der Waals surface area contributed by atoms with Gasteiger partial charge in [-0.25, -0.2) is 0 Å². The molecule has 1 atom stereocenters. The van der Waals surface area contributed by atoms with Crippen LogP contribution < -0.4 is 11.1 Å². The average Bonchev–Trinajstić information content (AvgIpc) is 2.39. The number of amides is 1. The van der Waals surface area contributed by atoms with Gasteiger partial charge < -0.3 is 11.1 Å². The monoisotopic (exact) mass is 263 g/mol. The van der Waals surface area contributed by atoms with Crippen molar-refractivity contribution in [3.63, 3.8) is 0 Å². The number of rotatable bonds is 6. The molecule has 0 aliphatic carbocycles. The molecule has 0 bridgehead atoms. The number of hydrogen-bond acceptors (Lipinski definition) is 3. The van der Waals surface area contributed by atoms with Crippen LogP contribution >= 0.6 is 0 Å². The molecule has 0 aromatic heterocycles. The van der Waals surface area contributed by atoms with E-state index in [1.807, 2.05) is 32.0 Å². The van der Waals surface area contributed by atoms with Gasteiger partial charge in [-0.2, -0.15) is 0 Å². The van der Waals surface area contributed by atoms with Crippen LogP contribution in [0.15, 0.2) is 18.2 Å². The standard InChI is InChI=1S/C15H25N3O/c1-5-14(18(6-2)7-3)15(19)17-12-9-8-11(4)13(16)10-12/h8-10,14H,5-7,16H2,1-4H3,(H,17,19). The molecule has 0 saturated carbocycles. The minimum Gasteiger partial charge on any atom is -0.398 e. The minimum atomic E-state index is -0.0856. The molecule has 4 nitrogen and oxygen atoms in total. The third-order valence-corrected chi connectivity index (χ3v) is 3.49. The van der Waals surface area contributed by atoms with E-state index in [0.29, 0.717) is 5.69 Å². The minimum absolute atomic E-state index is 0.0365. The Morgan fingerprint density at radius 3 is 2.42 bits per heavy atom. The number of nitrogen functional groups attached to an aromatic ring is 1. The lowest BCUT2D eigenvalue weighted by molar-refractivity contribution is -0.121. The van der Waals surface area contributed by atoms with Crippen LogP contribution in [0.1, 0.15) is 32.8 Å². The van der Waals surface area contributed by atoms with Crippen molar-refractivity contribution in [1.82, 2.24) is 4.90 Å². The van der Waals surface area contributed by atoms with Gasteiger partial charge in [-0.15, -0.1) is 0 Å². The number of anilines is 2. The number of benzene rings is 1. The fourth-order valence-electron chi connectivity index (χ4n) is 2.22. The Labute approximate surface area is 116 Å². The molecule has 4 heteroatoms. The largest absolute Gasteiger partial charge is 0.398 e. The maximum absolute atomic E-state index is 12.3. The van der Waals surface area contributed by atoms with Crippen LogP contribution in [-0.2, 0) is 4.79 Å². The summed E-state index contributed by atoms with van der Waals surface area (Å²) in [6, 6.07) is 5.53. The SMILES string of the molecule is CCC(C(=O)Nc1ccc(C)c(N)c1)N(CC)CC. The second-order valence-electron chi connectivity index (χ2n) is 4.71. The van der Waals surface area contributed by atoms with Crippen molar-refractivity contribution in [2.75, 3.05) is 24.1 Å². The van der Waals surface area contributed by atoms with E-state index < -0.39 is 0 Å². The lowest BCUT2D eigenvalue weighted by Crippen LogP contribution is -2.43. The summed E-state index contributed by atoms with van der Waals surface area (Å²) in [6.45, 7) is 9.88. The summed E-state index contributed by atoms with van der Waals surface area (Å²) < 4.78 is 0. The molecule has 0 spiro atoms. The number of carbonyl (C=O) groups excluding carboxylic acids is 1. The first-order valence-electron chi connectivity index (χ1n) is 6.94. The van der Waals surface area contributed by atoms with Crippen molar-refractivity contribution in [1.29, 1.82) is 0 Å². The number of nitrogens with two attached hydrogens (primary N) is 1. The predicted octanol–water partition coefficient (Wildman–Crippen LogP) is 2.64. The highest BCUT2D eigenvalue weighted by Gasteiger charge is 2.21. The van der Waals surface area contributed by atoms with Crippen molar-refractivity contribution in [3.05, 3.63) is 23.8 Å². The van der Waals surface area contributed by atoms with Crippen LogP contribution in [0.3, 0.4) is 0 Å². The molecule has 19 heavy (non-hydrogen) atoms. The third-order valence-electron chi connectivity index (χ3n) is 3.49. The van der Waals surface area contributed by atoms with Crippen molar-refractivity contribution in [2.45, 2.75) is 40.2 Å². The zero-order valence-corrected chi connectivity index (χ0v) is 12.4. The topological polar surface area (TPSA) is 58.4 Å². The quantitative estimate of drug-likeness (QED) is 0.776. The van der Waals surface area contributed by atoms with E-state index in [4.69, 9.17) is 5.73 Å². The molecule has 0 aliphatic heterocycles. The van der Waals surface area contributed by atoms with E-state index in [0.717, 1.165) is 30.8 Å². The van der Waals surface area contributed by atoms with Gasteiger partial charge in [0, 0.05) is 11.4 Å². The van der Waals surface area contributed by atoms with Crippen molar-refractivity contribution < 1.29 is 4.79 Å². The first-order chi connectivity index (χ1) is 9.03. The van der Waals surface area contributed by atoms with Crippen LogP contribution in [0.5, 0.6) is 0 Å². The second-order valence-corrected chi connectivity index (χ2v) is 4.71. The molecule has 0 saturated heterocycles. The number of aryl methyl sites for hydroxylation is 1. The first kappa shape index (κ1) is 15.5. The lowest BCUT2D eigenvalue weighted by atomic mass is 10.1. The number of nitrogens with one attached hydrogen (secondary N) is 1. The maximum atomic E-state index is 12.3. The number of hydrogen-bond donors (Lipinski definition) is 2. The Kier molecular flexibility index (Phi) is 5.83. The summed E-state index contributed by atoms with van der Waals surface area (Å²) in [5.41, 5.74) is 8.34. The molecule has 0 fully saturated rings. The highest BCUT2D eigenvalue weighted by molar-refractivity contribution is 5.95. The van der Waals surface area contributed by atoms with Gasteiger partial charge in [0.05, 0.1) is 6.04 Å². The Hall–Kier alpha value is -1.55. The molecule has 1 aromatic rings. The van der Waals surface area contributed by atoms with Gasteiger partial charge in [-0.3, -0.25) is 9.69 Å². The summed E-state index contributed by atoms with van der Waals surface area (Å²) in [4.78, 5) is 14.5. The Morgan fingerprint density at radius 1 is 1.32 bits per heavy atom. The number of likely N-dealkylation sites (N-methyl/N-ethyl adjacent to an activating group) is 1. The molecule has 1 rings (SSSR count). The summed E-state index contributed by atoms with van der Waals surface area (Å²) in [7, 11) is 0.